The van der Waals surface area contributed by atoms with E-state index in [0.29, 0.717) is 33.9 Å². The molecule has 40 heavy (non-hydrogen) atoms. The predicted octanol–water partition coefficient (Wildman–Crippen LogP) is 9.44. The first-order valence-electron chi connectivity index (χ1n) is 14.8. The van der Waals surface area contributed by atoms with Crippen LogP contribution in [0.15, 0.2) is 45.7 Å². The van der Waals surface area contributed by atoms with Crippen molar-refractivity contribution in [1.82, 2.24) is 4.98 Å². The Bertz CT molecular complexity index is 1120. The van der Waals surface area contributed by atoms with Crippen molar-refractivity contribution in [3.8, 4) is 0 Å². The monoisotopic (exact) mass is 637 g/mol. The summed E-state index contributed by atoms with van der Waals surface area (Å²) >= 11 is 3.25. The molecule has 7 nitrogen and oxygen atoms in total. The summed E-state index contributed by atoms with van der Waals surface area (Å²) in [6, 6.07) is 6.64. The van der Waals surface area contributed by atoms with E-state index < -0.39 is 19.4 Å². The number of furan rings is 1. The molecule has 222 valence electrons. The molecule has 2 fully saturated rings. The molecule has 2 aromatic heterocycles. The van der Waals surface area contributed by atoms with E-state index in [1.165, 1.54) is 6.07 Å². The molecule has 9 heteroatoms. The van der Waals surface area contributed by atoms with Gasteiger partial charge in [0.1, 0.15) is 0 Å². The quantitative estimate of drug-likeness (QED) is 0.189. The Balaban J connectivity index is 1.77. The highest BCUT2D eigenvalue weighted by atomic mass is 79.9. The van der Waals surface area contributed by atoms with E-state index in [1.807, 2.05) is 0 Å². The van der Waals surface area contributed by atoms with Crippen molar-refractivity contribution in [2.24, 2.45) is 35.5 Å². The number of pyridine rings is 1. The zero-order valence-corrected chi connectivity index (χ0v) is 27.1. The molecule has 0 aliphatic heterocycles. The number of hydrogen-bond donors (Lipinski definition) is 0. The number of rotatable bonds is 10. The van der Waals surface area contributed by atoms with Crippen molar-refractivity contribution in [2.75, 3.05) is 0 Å². The van der Waals surface area contributed by atoms with E-state index >= 15 is 4.57 Å². The summed E-state index contributed by atoms with van der Waals surface area (Å²) in [6.45, 7) is 13.2. The Hall–Kier alpha value is -1.47. The average molecular weight is 639 g/mol. The van der Waals surface area contributed by atoms with E-state index in [0.717, 1.165) is 38.5 Å². The number of hydrogen-bond acceptors (Lipinski definition) is 7. The molecule has 0 amide bonds. The van der Waals surface area contributed by atoms with Gasteiger partial charge in [0, 0.05) is 18.0 Å². The molecule has 2 aliphatic rings. The van der Waals surface area contributed by atoms with E-state index in [2.05, 4.69) is 62.5 Å². The molecule has 2 aromatic rings. The van der Waals surface area contributed by atoms with Crippen LogP contribution < -0.4 is 0 Å². The highest BCUT2D eigenvalue weighted by Gasteiger charge is 2.49. The maximum atomic E-state index is 15.4. The highest BCUT2D eigenvalue weighted by molar-refractivity contribution is 9.10. The van der Waals surface area contributed by atoms with Crippen LogP contribution in [0.2, 0.25) is 0 Å². The van der Waals surface area contributed by atoms with E-state index in [4.69, 9.17) is 18.2 Å². The van der Waals surface area contributed by atoms with Gasteiger partial charge in [-0.3, -0.25) is 9.55 Å². The lowest BCUT2D eigenvalue weighted by Crippen LogP contribution is -2.37. The Labute approximate surface area is 247 Å². The molecule has 0 N–H and O–H groups in total. The zero-order valence-electron chi connectivity index (χ0n) is 24.6. The van der Waals surface area contributed by atoms with Crippen molar-refractivity contribution in [2.45, 2.75) is 98.1 Å². The van der Waals surface area contributed by atoms with Gasteiger partial charge < -0.3 is 18.2 Å². The summed E-state index contributed by atoms with van der Waals surface area (Å²) in [7, 11) is -4.10. The summed E-state index contributed by atoms with van der Waals surface area (Å²) in [5, 5.41) is 0. The van der Waals surface area contributed by atoms with Crippen molar-refractivity contribution in [3.63, 3.8) is 0 Å². The van der Waals surface area contributed by atoms with Gasteiger partial charge in [0.15, 0.2) is 4.67 Å². The molecule has 2 saturated carbocycles. The molecule has 2 aliphatic carbocycles. The Morgan fingerprint density at radius 1 is 0.950 bits per heavy atom. The predicted molar refractivity (Wildman–Crippen MR) is 159 cm³/mol. The van der Waals surface area contributed by atoms with Crippen LogP contribution in [0.1, 0.15) is 102 Å². The minimum atomic E-state index is -4.10. The van der Waals surface area contributed by atoms with Crippen molar-refractivity contribution < 1.29 is 27.6 Å². The maximum Gasteiger partial charge on any atom is 0.376 e. The zero-order chi connectivity index (χ0) is 29.0. The fourth-order valence-corrected chi connectivity index (χ4v) is 8.97. The van der Waals surface area contributed by atoms with Gasteiger partial charge in [-0.2, -0.15) is 0 Å². The number of esters is 1. The number of nitrogens with zero attached hydrogens (tertiary/aromatic N) is 1. The molecule has 2 heterocycles. The number of carbonyl (C=O) groups is 1. The SMILES string of the molecule is CC(C)[C@H]1CC[C@@H](C)C[C@H]1OP(=O)(O[C@@H]1C[C@H](C)CC[C@H]1C(C)C)[C@H](OC(=O)c1ccc(Br)o1)c1cccnc1. The number of halogens is 1. The first-order valence-corrected chi connectivity index (χ1v) is 17.2. The molecule has 0 saturated heterocycles. The molecule has 0 spiro atoms. The van der Waals surface area contributed by atoms with Crippen LogP contribution in [0.25, 0.3) is 0 Å². The smallest absolute Gasteiger partial charge is 0.376 e. The van der Waals surface area contributed by atoms with Gasteiger partial charge in [-0.15, -0.1) is 0 Å². The van der Waals surface area contributed by atoms with Gasteiger partial charge >= 0.3 is 13.6 Å². The summed E-state index contributed by atoms with van der Waals surface area (Å²) < 4.78 is 40.8. The lowest BCUT2D eigenvalue weighted by atomic mass is 9.75. The highest BCUT2D eigenvalue weighted by Crippen LogP contribution is 2.66. The third-order valence-corrected chi connectivity index (χ3v) is 11.3. The second-order valence-electron chi connectivity index (χ2n) is 12.6. The normalized spacial score (nSPS) is 29.7. The van der Waals surface area contributed by atoms with Crippen LogP contribution in [0, 0.1) is 35.5 Å². The van der Waals surface area contributed by atoms with E-state index in [-0.39, 0.29) is 29.8 Å². The first kappa shape index (κ1) is 31.5. The average Bonchev–Trinajstić information content (AvgIpc) is 3.33. The standard InChI is InChI=1S/C31H45BrNO6P/c1-19(2)24-11-9-21(5)16-27(24)38-40(35,39-28-17-22(6)10-12-25(28)20(3)4)31(23-8-7-15-33-18-23)37-30(34)26-13-14-29(32)36-26/h7-8,13-15,18-22,24-25,27-28,31H,9-12,16-17H2,1-6H3/t21-,22-,24-,25+,27-,28-,31+,40?/m1/s1. The minimum Gasteiger partial charge on any atom is -0.442 e. The van der Waals surface area contributed by atoms with E-state index in [1.54, 1.807) is 30.6 Å². The molecule has 0 aromatic carbocycles. The number of ether oxygens (including phenoxy) is 1. The first-order chi connectivity index (χ1) is 19.0. The lowest BCUT2D eigenvalue weighted by molar-refractivity contribution is -0.0213. The third-order valence-electron chi connectivity index (χ3n) is 8.74. The van der Waals surface area contributed by atoms with Gasteiger partial charge in [0.2, 0.25) is 11.6 Å². The molecule has 4 rings (SSSR count). The summed E-state index contributed by atoms with van der Waals surface area (Å²) in [5.74, 6) is 0.0151. The van der Waals surface area contributed by atoms with E-state index in [9.17, 15) is 4.79 Å². The molecule has 0 bridgehead atoms. The number of aromatic nitrogens is 1. The fourth-order valence-electron chi connectivity index (χ4n) is 6.41. The summed E-state index contributed by atoms with van der Waals surface area (Å²) in [4.78, 5) is 17.6. The van der Waals surface area contributed by atoms with Crippen LogP contribution in [0.3, 0.4) is 0 Å². The summed E-state index contributed by atoms with van der Waals surface area (Å²) in [5.41, 5.74) is 0.472. The van der Waals surface area contributed by atoms with Crippen molar-refractivity contribution >= 4 is 29.5 Å². The van der Waals surface area contributed by atoms with Crippen molar-refractivity contribution in [3.05, 3.63) is 52.7 Å². The molecular weight excluding hydrogens is 593 g/mol. The summed E-state index contributed by atoms with van der Waals surface area (Å²) in [6.07, 6.45) is 8.43. The van der Waals surface area contributed by atoms with Crippen molar-refractivity contribution in [1.29, 1.82) is 0 Å². The minimum absolute atomic E-state index is 0.00464. The molecular formula is C31H45BrNO6P. The Morgan fingerprint density at radius 3 is 1.98 bits per heavy atom. The number of carbonyl (C=O) groups excluding carboxylic acids is 1. The topological polar surface area (TPSA) is 87.9 Å². The second-order valence-corrected chi connectivity index (χ2v) is 15.4. The Kier molecular flexibility index (Phi) is 10.8. The van der Waals surface area contributed by atoms with Gasteiger partial charge in [0.05, 0.1) is 12.2 Å². The fraction of sp³-hybridized carbons (Fsp3) is 0.677. The lowest BCUT2D eigenvalue weighted by Gasteiger charge is -2.43. The second kappa shape index (κ2) is 13.7. The van der Waals surface area contributed by atoms with Gasteiger partial charge in [-0.05, 0) is 95.3 Å². The van der Waals surface area contributed by atoms with Gasteiger partial charge in [-0.1, -0.05) is 60.5 Å². The molecule has 1 unspecified atom stereocenters. The maximum absolute atomic E-state index is 15.4. The van der Waals surface area contributed by atoms with Gasteiger partial charge in [0.25, 0.3) is 0 Å². The largest absolute Gasteiger partial charge is 0.442 e. The van der Waals surface area contributed by atoms with Crippen LogP contribution >= 0.6 is 23.5 Å². The van der Waals surface area contributed by atoms with Crippen LogP contribution in [-0.2, 0) is 18.3 Å². The Morgan fingerprint density at radius 2 is 1.52 bits per heavy atom. The van der Waals surface area contributed by atoms with Gasteiger partial charge in [-0.25, -0.2) is 4.79 Å². The third kappa shape index (κ3) is 7.67. The molecule has 8 atom stereocenters. The van der Waals surface area contributed by atoms with Crippen LogP contribution in [0.4, 0.5) is 0 Å². The molecule has 0 radical (unpaired) electrons. The van der Waals surface area contributed by atoms with Crippen LogP contribution in [0.5, 0.6) is 0 Å². The van der Waals surface area contributed by atoms with Crippen LogP contribution in [-0.4, -0.2) is 23.2 Å².